The minimum absolute atomic E-state index is 0.839. The molecule has 2 aromatic rings. The van der Waals surface area contributed by atoms with Crippen molar-refractivity contribution in [3.8, 4) is 11.5 Å². The van der Waals surface area contributed by atoms with Crippen molar-refractivity contribution < 1.29 is 4.42 Å². The van der Waals surface area contributed by atoms with Gasteiger partial charge in [-0.2, -0.15) is 5.10 Å². The number of rotatable bonds is 5. The van der Waals surface area contributed by atoms with Crippen LogP contribution < -0.4 is 5.32 Å². The van der Waals surface area contributed by atoms with Crippen LogP contribution in [0.5, 0.6) is 0 Å². The van der Waals surface area contributed by atoms with Gasteiger partial charge in [0.2, 0.25) is 0 Å². The summed E-state index contributed by atoms with van der Waals surface area (Å²) < 4.78 is 5.66. The van der Waals surface area contributed by atoms with E-state index in [1.807, 2.05) is 25.3 Å². The number of aromatic nitrogens is 2. The lowest BCUT2D eigenvalue weighted by molar-refractivity contribution is 0.470. The average molecular weight is 273 g/mol. The number of furan rings is 1. The highest BCUT2D eigenvalue weighted by atomic mass is 16.3. The summed E-state index contributed by atoms with van der Waals surface area (Å²) in [5.41, 5.74) is 2.16. The van der Waals surface area contributed by atoms with E-state index in [4.69, 9.17) is 4.42 Å². The summed E-state index contributed by atoms with van der Waals surface area (Å²) in [5.74, 6) is 3.53. The van der Waals surface area contributed by atoms with Crippen LogP contribution in [0, 0.1) is 18.8 Å². The fourth-order valence-corrected chi connectivity index (χ4v) is 3.15. The zero-order valence-electron chi connectivity index (χ0n) is 12.3. The SMILES string of the molecule is Cc1ccc(-c2[nH]ncc2CNCC2CCC(C)C2)o1. The Hall–Kier alpha value is -1.55. The Bertz CT molecular complexity index is 558. The van der Waals surface area contributed by atoms with Gasteiger partial charge in [0, 0.05) is 12.1 Å². The van der Waals surface area contributed by atoms with E-state index in [2.05, 4.69) is 22.4 Å². The van der Waals surface area contributed by atoms with Gasteiger partial charge in [0.15, 0.2) is 5.76 Å². The first kappa shape index (κ1) is 13.4. The highest BCUT2D eigenvalue weighted by Gasteiger charge is 2.20. The van der Waals surface area contributed by atoms with Crippen LogP contribution in [0.15, 0.2) is 22.7 Å². The number of nitrogens with zero attached hydrogens (tertiary/aromatic N) is 1. The quantitative estimate of drug-likeness (QED) is 0.876. The molecule has 2 atom stereocenters. The third kappa shape index (κ3) is 2.96. The molecule has 3 rings (SSSR count). The van der Waals surface area contributed by atoms with Gasteiger partial charge in [-0.3, -0.25) is 5.10 Å². The van der Waals surface area contributed by atoms with E-state index in [1.165, 1.54) is 24.8 Å². The Morgan fingerprint density at radius 2 is 2.30 bits per heavy atom. The Labute approximate surface area is 120 Å². The number of nitrogens with one attached hydrogen (secondary N) is 2. The van der Waals surface area contributed by atoms with Gasteiger partial charge < -0.3 is 9.73 Å². The van der Waals surface area contributed by atoms with Crippen LogP contribution in [0.25, 0.3) is 11.5 Å². The maximum absolute atomic E-state index is 5.66. The molecular weight excluding hydrogens is 250 g/mol. The van der Waals surface area contributed by atoms with Crippen LogP contribution in [0.3, 0.4) is 0 Å². The van der Waals surface area contributed by atoms with E-state index in [-0.39, 0.29) is 0 Å². The molecule has 2 heterocycles. The van der Waals surface area contributed by atoms with Crippen LogP contribution in [0.4, 0.5) is 0 Å². The fraction of sp³-hybridized carbons (Fsp3) is 0.562. The van der Waals surface area contributed by atoms with Crippen molar-refractivity contribution in [2.45, 2.75) is 39.7 Å². The maximum atomic E-state index is 5.66. The molecule has 2 unspecified atom stereocenters. The van der Waals surface area contributed by atoms with Crippen LogP contribution in [-0.2, 0) is 6.54 Å². The molecule has 4 heteroatoms. The molecule has 0 aromatic carbocycles. The molecule has 20 heavy (non-hydrogen) atoms. The van der Waals surface area contributed by atoms with Crippen molar-refractivity contribution in [2.75, 3.05) is 6.54 Å². The van der Waals surface area contributed by atoms with E-state index < -0.39 is 0 Å². The van der Waals surface area contributed by atoms with Gasteiger partial charge in [-0.1, -0.05) is 13.3 Å². The van der Waals surface area contributed by atoms with Crippen molar-refractivity contribution in [2.24, 2.45) is 11.8 Å². The third-order valence-corrected chi connectivity index (χ3v) is 4.26. The smallest absolute Gasteiger partial charge is 0.152 e. The Kier molecular flexibility index (Phi) is 3.92. The highest BCUT2D eigenvalue weighted by Crippen LogP contribution is 2.29. The second-order valence-corrected chi connectivity index (χ2v) is 6.10. The van der Waals surface area contributed by atoms with Crippen molar-refractivity contribution in [1.29, 1.82) is 0 Å². The van der Waals surface area contributed by atoms with Crippen molar-refractivity contribution >= 4 is 0 Å². The van der Waals surface area contributed by atoms with Gasteiger partial charge in [0.25, 0.3) is 0 Å². The predicted molar refractivity (Wildman–Crippen MR) is 79.2 cm³/mol. The largest absolute Gasteiger partial charge is 0.460 e. The first-order valence-electron chi connectivity index (χ1n) is 7.52. The molecule has 1 fully saturated rings. The molecule has 1 saturated carbocycles. The fourth-order valence-electron chi connectivity index (χ4n) is 3.15. The van der Waals surface area contributed by atoms with E-state index in [9.17, 15) is 0 Å². The lowest BCUT2D eigenvalue weighted by atomic mass is 10.1. The van der Waals surface area contributed by atoms with Crippen molar-refractivity contribution in [3.63, 3.8) is 0 Å². The molecule has 1 aliphatic carbocycles. The molecule has 2 N–H and O–H groups in total. The zero-order chi connectivity index (χ0) is 13.9. The molecule has 0 saturated heterocycles. The molecule has 0 bridgehead atoms. The van der Waals surface area contributed by atoms with Gasteiger partial charge in [0.1, 0.15) is 11.5 Å². The second-order valence-electron chi connectivity index (χ2n) is 6.10. The van der Waals surface area contributed by atoms with Gasteiger partial charge in [-0.15, -0.1) is 0 Å². The molecule has 108 valence electrons. The molecule has 0 aliphatic heterocycles. The lowest BCUT2D eigenvalue weighted by Gasteiger charge is -2.10. The summed E-state index contributed by atoms with van der Waals surface area (Å²) in [5, 5.41) is 10.7. The number of aryl methyl sites for hydroxylation is 1. The molecule has 0 spiro atoms. The summed E-state index contributed by atoms with van der Waals surface area (Å²) in [6.45, 7) is 6.26. The lowest BCUT2D eigenvalue weighted by Crippen LogP contribution is -2.21. The summed E-state index contributed by atoms with van der Waals surface area (Å²) in [4.78, 5) is 0. The van der Waals surface area contributed by atoms with Crippen LogP contribution in [0.1, 0.15) is 37.5 Å². The summed E-state index contributed by atoms with van der Waals surface area (Å²) in [6.07, 6.45) is 6.00. The number of hydrogen-bond acceptors (Lipinski definition) is 3. The van der Waals surface area contributed by atoms with E-state index in [0.29, 0.717) is 0 Å². The van der Waals surface area contributed by atoms with E-state index in [0.717, 1.165) is 42.1 Å². The van der Waals surface area contributed by atoms with Crippen LogP contribution in [0.2, 0.25) is 0 Å². The molecule has 1 aliphatic rings. The molecule has 0 amide bonds. The predicted octanol–water partition coefficient (Wildman–Crippen LogP) is 3.50. The topological polar surface area (TPSA) is 53.9 Å². The normalized spacial score (nSPS) is 22.5. The minimum Gasteiger partial charge on any atom is -0.460 e. The van der Waals surface area contributed by atoms with Gasteiger partial charge in [0.05, 0.1) is 6.20 Å². The average Bonchev–Trinajstić information content (AvgIpc) is 3.11. The van der Waals surface area contributed by atoms with Crippen LogP contribution >= 0.6 is 0 Å². The second kappa shape index (κ2) is 5.83. The molecule has 2 aromatic heterocycles. The van der Waals surface area contributed by atoms with Crippen molar-refractivity contribution in [1.82, 2.24) is 15.5 Å². The summed E-state index contributed by atoms with van der Waals surface area (Å²) in [7, 11) is 0. The molecule has 0 radical (unpaired) electrons. The number of aromatic amines is 1. The Balaban J connectivity index is 1.57. The Morgan fingerprint density at radius 3 is 3.00 bits per heavy atom. The highest BCUT2D eigenvalue weighted by molar-refractivity contribution is 5.56. The number of H-pyrrole nitrogens is 1. The molecular formula is C16H23N3O. The van der Waals surface area contributed by atoms with Crippen molar-refractivity contribution in [3.05, 3.63) is 29.7 Å². The zero-order valence-corrected chi connectivity index (χ0v) is 12.3. The molecule has 4 nitrogen and oxygen atoms in total. The Morgan fingerprint density at radius 1 is 1.40 bits per heavy atom. The van der Waals surface area contributed by atoms with Gasteiger partial charge >= 0.3 is 0 Å². The maximum Gasteiger partial charge on any atom is 0.152 e. The van der Waals surface area contributed by atoms with Gasteiger partial charge in [-0.05, 0) is 50.3 Å². The van der Waals surface area contributed by atoms with Crippen LogP contribution in [-0.4, -0.2) is 16.7 Å². The summed E-state index contributed by atoms with van der Waals surface area (Å²) in [6, 6.07) is 3.97. The monoisotopic (exact) mass is 273 g/mol. The van der Waals surface area contributed by atoms with Gasteiger partial charge in [-0.25, -0.2) is 0 Å². The summed E-state index contributed by atoms with van der Waals surface area (Å²) >= 11 is 0. The minimum atomic E-state index is 0.839. The third-order valence-electron chi connectivity index (χ3n) is 4.26. The van der Waals surface area contributed by atoms with E-state index in [1.54, 1.807) is 0 Å². The first-order valence-corrected chi connectivity index (χ1v) is 7.52. The van der Waals surface area contributed by atoms with E-state index >= 15 is 0 Å². The number of hydrogen-bond donors (Lipinski definition) is 2. The standard InChI is InChI=1S/C16H23N3O/c1-11-3-5-13(7-11)8-17-9-14-10-18-19-16(14)15-6-4-12(2)20-15/h4,6,10-11,13,17H,3,5,7-9H2,1-2H3,(H,18,19). The first-order chi connectivity index (χ1) is 9.72.